The third-order valence-electron chi connectivity index (χ3n) is 2.05. The van der Waals surface area contributed by atoms with Crippen LogP contribution in [0.15, 0.2) is 30.5 Å². The molecule has 0 amide bonds. The maximum absolute atomic E-state index is 11.0. The molecule has 0 atom stereocenters. The number of carbonyl (C=O) groups is 1. The lowest BCUT2D eigenvalue weighted by atomic mass is 10.0. The summed E-state index contributed by atoms with van der Waals surface area (Å²) >= 11 is 0. The van der Waals surface area contributed by atoms with E-state index in [-0.39, 0.29) is 5.78 Å². The Bertz CT molecular complexity index is 418. The second-order valence-electron chi connectivity index (χ2n) is 3.23. The number of hydrogen-bond donors (Lipinski definition) is 0. The molecule has 4 heteroatoms. The molecule has 0 aliphatic rings. The van der Waals surface area contributed by atoms with Gasteiger partial charge in [-0.1, -0.05) is 24.3 Å². The number of rotatable bonds is 3. The second-order valence-corrected chi connectivity index (χ2v) is 3.23. The van der Waals surface area contributed by atoms with E-state index in [1.54, 1.807) is 31.2 Å². The Balaban J connectivity index is 2.99. The minimum absolute atomic E-state index is 0.0162. The van der Waals surface area contributed by atoms with Crippen molar-refractivity contribution in [2.75, 3.05) is 0 Å². The highest BCUT2D eigenvalue weighted by Crippen LogP contribution is 2.14. The lowest BCUT2D eigenvalue weighted by Gasteiger charge is -1.99. The maximum atomic E-state index is 11.0. The summed E-state index contributed by atoms with van der Waals surface area (Å²) in [4.78, 5) is 20.7. The van der Waals surface area contributed by atoms with E-state index in [1.807, 2.05) is 0 Å². The molecule has 0 spiro atoms. The van der Waals surface area contributed by atoms with Crippen molar-refractivity contribution in [3.05, 3.63) is 51.7 Å². The van der Waals surface area contributed by atoms with Gasteiger partial charge in [0.2, 0.25) is 6.20 Å². The number of nitro groups is 1. The first-order chi connectivity index (χ1) is 7.00. The first-order valence-electron chi connectivity index (χ1n) is 4.44. The topological polar surface area (TPSA) is 60.2 Å². The van der Waals surface area contributed by atoms with Crippen molar-refractivity contribution in [1.82, 2.24) is 0 Å². The Labute approximate surface area is 87.4 Å². The molecule has 0 aromatic heterocycles. The zero-order valence-corrected chi connectivity index (χ0v) is 8.56. The minimum atomic E-state index is -0.492. The standard InChI is InChI=1S/C11H11NO3/c1-8(7-12(14)15)10-3-5-11(6-4-10)9(2)13/h3-7H,1-2H3/b8-7-. The molecular formula is C11H11NO3. The van der Waals surface area contributed by atoms with Gasteiger partial charge in [0, 0.05) is 11.1 Å². The average molecular weight is 205 g/mol. The molecule has 1 rings (SSSR count). The van der Waals surface area contributed by atoms with Crippen LogP contribution >= 0.6 is 0 Å². The summed E-state index contributed by atoms with van der Waals surface area (Å²) in [5, 5.41) is 10.2. The Morgan fingerprint density at radius 3 is 2.07 bits per heavy atom. The van der Waals surface area contributed by atoms with Crippen LogP contribution in [-0.4, -0.2) is 10.7 Å². The molecule has 0 unspecified atom stereocenters. The summed E-state index contributed by atoms with van der Waals surface area (Å²) in [7, 11) is 0. The number of hydrogen-bond acceptors (Lipinski definition) is 3. The Morgan fingerprint density at radius 1 is 1.20 bits per heavy atom. The smallest absolute Gasteiger partial charge is 0.237 e. The highest BCUT2D eigenvalue weighted by Gasteiger charge is 2.02. The Morgan fingerprint density at radius 2 is 1.67 bits per heavy atom. The molecular weight excluding hydrogens is 194 g/mol. The van der Waals surface area contributed by atoms with Crippen LogP contribution in [0.3, 0.4) is 0 Å². The fourth-order valence-electron chi connectivity index (χ4n) is 1.20. The van der Waals surface area contributed by atoms with Crippen molar-refractivity contribution in [1.29, 1.82) is 0 Å². The van der Waals surface area contributed by atoms with Crippen LogP contribution in [0.4, 0.5) is 0 Å². The number of nitrogens with zero attached hydrogens (tertiary/aromatic N) is 1. The van der Waals surface area contributed by atoms with Crippen LogP contribution in [-0.2, 0) is 0 Å². The van der Waals surface area contributed by atoms with Gasteiger partial charge in [-0.15, -0.1) is 0 Å². The van der Waals surface area contributed by atoms with Gasteiger partial charge in [-0.05, 0) is 19.4 Å². The van der Waals surface area contributed by atoms with E-state index in [1.165, 1.54) is 6.92 Å². The van der Waals surface area contributed by atoms with Crippen molar-refractivity contribution < 1.29 is 9.72 Å². The molecule has 0 saturated heterocycles. The lowest BCUT2D eigenvalue weighted by Crippen LogP contribution is -1.92. The molecule has 1 aromatic carbocycles. The van der Waals surface area contributed by atoms with E-state index in [4.69, 9.17) is 0 Å². The maximum Gasteiger partial charge on any atom is 0.237 e. The summed E-state index contributed by atoms with van der Waals surface area (Å²) in [6.45, 7) is 3.14. The zero-order chi connectivity index (χ0) is 11.4. The molecule has 0 aliphatic heterocycles. The number of benzene rings is 1. The molecule has 4 nitrogen and oxygen atoms in total. The van der Waals surface area contributed by atoms with Crippen LogP contribution in [0.2, 0.25) is 0 Å². The van der Waals surface area contributed by atoms with E-state index in [2.05, 4.69) is 0 Å². The number of Topliss-reactive ketones (excluding diaryl/α,β-unsaturated/α-hetero) is 1. The molecule has 0 fully saturated rings. The van der Waals surface area contributed by atoms with Crippen molar-refractivity contribution in [3.63, 3.8) is 0 Å². The molecule has 15 heavy (non-hydrogen) atoms. The first kappa shape index (κ1) is 11.1. The molecule has 0 bridgehead atoms. The zero-order valence-electron chi connectivity index (χ0n) is 8.56. The molecule has 0 N–H and O–H groups in total. The SMILES string of the molecule is CC(=O)c1ccc(/C(C)=C\[N+](=O)[O-])cc1. The van der Waals surface area contributed by atoms with E-state index in [0.717, 1.165) is 11.8 Å². The molecule has 1 aromatic rings. The molecule has 0 saturated carbocycles. The van der Waals surface area contributed by atoms with Crippen molar-refractivity contribution in [3.8, 4) is 0 Å². The molecule has 0 heterocycles. The Kier molecular flexibility index (Phi) is 3.33. The normalized spacial score (nSPS) is 11.2. The quantitative estimate of drug-likeness (QED) is 0.432. The predicted molar refractivity (Wildman–Crippen MR) is 57.1 cm³/mol. The highest BCUT2D eigenvalue weighted by molar-refractivity contribution is 5.94. The summed E-state index contributed by atoms with van der Waals surface area (Å²) in [6.07, 6.45) is 0.947. The van der Waals surface area contributed by atoms with Gasteiger partial charge in [-0.2, -0.15) is 0 Å². The monoisotopic (exact) mass is 205 g/mol. The van der Waals surface area contributed by atoms with Gasteiger partial charge < -0.3 is 0 Å². The van der Waals surface area contributed by atoms with Crippen LogP contribution in [0.25, 0.3) is 5.57 Å². The fourth-order valence-corrected chi connectivity index (χ4v) is 1.20. The first-order valence-corrected chi connectivity index (χ1v) is 4.44. The van der Waals surface area contributed by atoms with Gasteiger partial charge in [0.25, 0.3) is 0 Å². The lowest BCUT2D eigenvalue weighted by molar-refractivity contribution is -0.401. The second kappa shape index (κ2) is 4.50. The van der Waals surface area contributed by atoms with E-state index in [0.29, 0.717) is 11.1 Å². The largest absolute Gasteiger partial charge is 0.295 e. The highest BCUT2D eigenvalue weighted by atomic mass is 16.6. The van der Waals surface area contributed by atoms with Crippen molar-refractivity contribution in [2.24, 2.45) is 0 Å². The molecule has 78 valence electrons. The van der Waals surface area contributed by atoms with Gasteiger partial charge in [0.15, 0.2) is 5.78 Å². The van der Waals surface area contributed by atoms with Crippen molar-refractivity contribution in [2.45, 2.75) is 13.8 Å². The fraction of sp³-hybridized carbons (Fsp3) is 0.182. The summed E-state index contributed by atoms with van der Waals surface area (Å²) in [5.41, 5.74) is 1.92. The van der Waals surface area contributed by atoms with Gasteiger partial charge in [-0.3, -0.25) is 14.9 Å². The van der Waals surface area contributed by atoms with Crippen molar-refractivity contribution >= 4 is 11.4 Å². The number of carbonyl (C=O) groups excluding carboxylic acids is 1. The average Bonchev–Trinajstić information content (AvgIpc) is 2.17. The van der Waals surface area contributed by atoms with Gasteiger partial charge in [0.1, 0.15) is 0 Å². The molecule has 0 aliphatic carbocycles. The third-order valence-corrected chi connectivity index (χ3v) is 2.05. The Hall–Kier alpha value is -1.97. The van der Waals surface area contributed by atoms with Crippen LogP contribution in [0.5, 0.6) is 0 Å². The van der Waals surface area contributed by atoms with Crippen LogP contribution < -0.4 is 0 Å². The van der Waals surface area contributed by atoms with Crippen LogP contribution in [0.1, 0.15) is 29.8 Å². The predicted octanol–water partition coefficient (Wildman–Crippen LogP) is 2.53. The van der Waals surface area contributed by atoms with Crippen LogP contribution in [0, 0.1) is 10.1 Å². The van der Waals surface area contributed by atoms with E-state index in [9.17, 15) is 14.9 Å². The summed E-state index contributed by atoms with van der Waals surface area (Å²) in [6, 6.07) is 6.72. The van der Waals surface area contributed by atoms with Gasteiger partial charge in [0.05, 0.1) is 4.92 Å². The third kappa shape index (κ3) is 3.02. The van der Waals surface area contributed by atoms with Gasteiger partial charge >= 0.3 is 0 Å². The van der Waals surface area contributed by atoms with E-state index < -0.39 is 4.92 Å². The van der Waals surface area contributed by atoms with E-state index >= 15 is 0 Å². The minimum Gasteiger partial charge on any atom is -0.295 e. The number of ketones is 1. The van der Waals surface area contributed by atoms with Gasteiger partial charge in [-0.25, -0.2) is 0 Å². The molecule has 0 radical (unpaired) electrons. The number of allylic oxidation sites excluding steroid dienone is 1. The summed E-state index contributed by atoms with van der Waals surface area (Å²) in [5.74, 6) is -0.0162. The summed E-state index contributed by atoms with van der Waals surface area (Å²) < 4.78 is 0.